The van der Waals surface area contributed by atoms with E-state index in [4.69, 9.17) is 9.15 Å². The van der Waals surface area contributed by atoms with Crippen molar-refractivity contribution in [2.45, 2.75) is 26.3 Å². The van der Waals surface area contributed by atoms with Gasteiger partial charge in [0.15, 0.2) is 6.61 Å². The molecule has 0 saturated heterocycles. The molecule has 1 atom stereocenters. The van der Waals surface area contributed by atoms with Gasteiger partial charge >= 0.3 is 0 Å². The first-order valence-corrected chi connectivity index (χ1v) is 6.47. The Balaban J connectivity index is 1.87. The van der Waals surface area contributed by atoms with Crippen molar-refractivity contribution in [1.29, 1.82) is 0 Å². The van der Waals surface area contributed by atoms with Crippen molar-refractivity contribution in [3.63, 3.8) is 0 Å². The van der Waals surface area contributed by atoms with E-state index in [0.717, 1.165) is 12.0 Å². The third-order valence-electron chi connectivity index (χ3n) is 2.85. The number of rotatable bonds is 6. The molecule has 0 radical (unpaired) electrons. The van der Waals surface area contributed by atoms with Gasteiger partial charge in [0.2, 0.25) is 12.3 Å². The van der Waals surface area contributed by atoms with Crippen molar-refractivity contribution < 1.29 is 13.9 Å². The van der Waals surface area contributed by atoms with Gasteiger partial charge in [-0.15, -0.1) is 10.2 Å². The number of aromatic nitrogens is 2. The smallest absolute Gasteiger partial charge is 0.258 e. The van der Waals surface area contributed by atoms with Crippen molar-refractivity contribution in [1.82, 2.24) is 15.5 Å². The first kappa shape index (κ1) is 14.0. The maximum atomic E-state index is 11.6. The Kier molecular flexibility index (Phi) is 4.70. The molecule has 0 unspecified atom stereocenters. The summed E-state index contributed by atoms with van der Waals surface area (Å²) < 4.78 is 10.5. The van der Waals surface area contributed by atoms with Gasteiger partial charge in [-0.25, -0.2) is 0 Å². The zero-order valence-electron chi connectivity index (χ0n) is 11.5. The number of nitrogens with zero attached hydrogens (tertiary/aromatic N) is 2. The second kappa shape index (κ2) is 6.70. The molecule has 6 nitrogen and oxygen atoms in total. The monoisotopic (exact) mass is 275 g/mol. The first-order chi connectivity index (χ1) is 9.69. The van der Waals surface area contributed by atoms with E-state index in [2.05, 4.69) is 15.5 Å². The Morgan fingerprint density at radius 1 is 1.40 bits per heavy atom. The van der Waals surface area contributed by atoms with Crippen LogP contribution in [0, 0.1) is 0 Å². The fourth-order valence-corrected chi connectivity index (χ4v) is 1.56. The summed E-state index contributed by atoms with van der Waals surface area (Å²) in [6.45, 7) is 3.98. The van der Waals surface area contributed by atoms with Gasteiger partial charge in [-0.05, 0) is 37.6 Å². The van der Waals surface area contributed by atoms with Crippen molar-refractivity contribution >= 4 is 5.91 Å². The number of amides is 1. The molecule has 0 aliphatic heterocycles. The highest BCUT2D eigenvalue weighted by atomic mass is 16.5. The van der Waals surface area contributed by atoms with Crippen LogP contribution in [0.15, 0.2) is 35.1 Å². The summed E-state index contributed by atoms with van der Waals surface area (Å²) in [4.78, 5) is 11.6. The van der Waals surface area contributed by atoms with Crippen LogP contribution in [-0.2, 0) is 4.79 Å². The van der Waals surface area contributed by atoms with E-state index < -0.39 is 0 Å². The van der Waals surface area contributed by atoms with Gasteiger partial charge in [-0.2, -0.15) is 0 Å². The molecule has 6 heteroatoms. The minimum atomic E-state index is -0.125. The predicted octanol–water partition coefficient (Wildman–Crippen LogP) is 2.03. The van der Waals surface area contributed by atoms with Crippen LogP contribution in [0.25, 0.3) is 11.5 Å². The molecule has 0 spiro atoms. The topological polar surface area (TPSA) is 77.2 Å². The fraction of sp³-hybridized carbons (Fsp3) is 0.357. The van der Waals surface area contributed by atoms with E-state index in [0.29, 0.717) is 11.6 Å². The number of hydrogen-bond donors (Lipinski definition) is 1. The van der Waals surface area contributed by atoms with Gasteiger partial charge < -0.3 is 14.5 Å². The van der Waals surface area contributed by atoms with Crippen LogP contribution in [0.2, 0.25) is 0 Å². The summed E-state index contributed by atoms with van der Waals surface area (Å²) >= 11 is 0. The van der Waals surface area contributed by atoms with Crippen LogP contribution in [0.4, 0.5) is 0 Å². The van der Waals surface area contributed by atoms with Crippen molar-refractivity contribution in [2.75, 3.05) is 6.61 Å². The number of hydrogen-bond acceptors (Lipinski definition) is 5. The number of carbonyl (C=O) groups is 1. The van der Waals surface area contributed by atoms with Crippen molar-refractivity contribution in [3.8, 4) is 17.2 Å². The second-order valence-electron chi connectivity index (χ2n) is 4.43. The Morgan fingerprint density at radius 3 is 2.75 bits per heavy atom. The van der Waals surface area contributed by atoms with Crippen molar-refractivity contribution in [3.05, 3.63) is 30.7 Å². The lowest BCUT2D eigenvalue weighted by atomic mass is 10.2. The Labute approximate surface area is 117 Å². The standard InChI is InChI=1S/C14H17N3O3/c1-3-10(2)16-13(18)8-19-12-6-4-11(5-7-12)14-17-15-9-20-14/h4-7,9-10H,3,8H2,1-2H3,(H,16,18)/t10-/m1/s1. The van der Waals surface area contributed by atoms with Gasteiger partial charge in [0.05, 0.1) is 0 Å². The molecule has 0 aliphatic carbocycles. The maximum absolute atomic E-state index is 11.6. The number of carbonyl (C=O) groups excluding carboxylic acids is 1. The molecular formula is C14H17N3O3. The molecule has 2 aromatic rings. The molecule has 1 heterocycles. The van der Waals surface area contributed by atoms with Gasteiger partial charge in [-0.3, -0.25) is 4.79 Å². The van der Waals surface area contributed by atoms with E-state index in [1.54, 1.807) is 24.3 Å². The van der Waals surface area contributed by atoms with E-state index in [1.807, 2.05) is 13.8 Å². The highest BCUT2D eigenvalue weighted by Crippen LogP contribution is 2.19. The SMILES string of the molecule is CC[C@@H](C)NC(=O)COc1ccc(-c2nnco2)cc1. The molecule has 20 heavy (non-hydrogen) atoms. The maximum Gasteiger partial charge on any atom is 0.258 e. The molecule has 2 rings (SSSR count). The molecular weight excluding hydrogens is 258 g/mol. The second-order valence-corrected chi connectivity index (χ2v) is 4.43. The molecule has 0 aliphatic rings. The average Bonchev–Trinajstić information content (AvgIpc) is 2.99. The number of ether oxygens (including phenoxy) is 1. The summed E-state index contributed by atoms with van der Waals surface area (Å²) in [6, 6.07) is 7.28. The van der Waals surface area contributed by atoms with Gasteiger partial charge in [0, 0.05) is 11.6 Å². The van der Waals surface area contributed by atoms with Crippen LogP contribution < -0.4 is 10.1 Å². The Hall–Kier alpha value is -2.37. The zero-order chi connectivity index (χ0) is 14.4. The lowest BCUT2D eigenvalue weighted by Gasteiger charge is -2.12. The number of benzene rings is 1. The summed E-state index contributed by atoms with van der Waals surface area (Å²) in [6.07, 6.45) is 2.17. The molecule has 1 aromatic heterocycles. The summed E-state index contributed by atoms with van der Waals surface area (Å²) in [5.41, 5.74) is 0.805. The average molecular weight is 275 g/mol. The van der Waals surface area contributed by atoms with Gasteiger partial charge in [0.1, 0.15) is 5.75 Å². The fourth-order valence-electron chi connectivity index (χ4n) is 1.56. The minimum Gasteiger partial charge on any atom is -0.484 e. The molecule has 106 valence electrons. The van der Waals surface area contributed by atoms with Crippen LogP contribution in [0.1, 0.15) is 20.3 Å². The first-order valence-electron chi connectivity index (χ1n) is 6.47. The van der Waals surface area contributed by atoms with E-state index >= 15 is 0 Å². The molecule has 0 bridgehead atoms. The molecule has 0 fully saturated rings. The third-order valence-corrected chi connectivity index (χ3v) is 2.85. The molecule has 1 aromatic carbocycles. The van der Waals surface area contributed by atoms with Crippen molar-refractivity contribution in [2.24, 2.45) is 0 Å². The van der Waals surface area contributed by atoms with Crippen LogP contribution in [-0.4, -0.2) is 28.8 Å². The highest BCUT2D eigenvalue weighted by molar-refractivity contribution is 5.77. The largest absolute Gasteiger partial charge is 0.484 e. The van der Waals surface area contributed by atoms with Crippen LogP contribution in [0.3, 0.4) is 0 Å². The van der Waals surface area contributed by atoms with Crippen LogP contribution in [0.5, 0.6) is 5.75 Å². The third kappa shape index (κ3) is 3.81. The Morgan fingerprint density at radius 2 is 2.15 bits per heavy atom. The van der Waals surface area contributed by atoms with Crippen LogP contribution >= 0.6 is 0 Å². The van der Waals surface area contributed by atoms with Gasteiger partial charge in [0.25, 0.3) is 5.91 Å². The van der Waals surface area contributed by atoms with Gasteiger partial charge in [-0.1, -0.05) is 6.92 Å². The molecule has 1 N–H and O–H groups in total. The zero-order valence-corrected chi connectivity index (χ0v) is 11.5. The summed E-state index contributed by atoms with van der Waals surface area (Å²) in [5.74, 6) is 0.943. The predicted molar refractivity (Wildman–Crippen MR) is 73.1 cm³/mol. The summed E-state index contributed by atoms with van der Waals surface area (Å²) in [5, 5.41) is 10.3. The van der Waals surface area contributed by atoms with E-state index in [9.17, 15) is 4.79 Å². The Bertz CT molecular complexity index is 537. The quantitative estimate of drug-likeness (QED) is 0.872. The highest BCUT2D eigenvalue weighted by Gasteiger charge is 2.07. The number of nitrogens with one attached hydrogen (secondary N) is 1. The lowest BCUT2D eigenvalue weighted by Crippen LogP contribution is -2.35. The minimum absolute atomic E-state index is 0.00421. The molecule has 0 saturated carbocycles. The van der Waals surface area contributed by atoms with E-state index in [-0.39, 0.29) is 18.6 Å². The van der Waals surface area contributed by atoms with E-state index in [1.165, 1.54) is 6.39 Å². The lowest BCUT2D eigenvalue weighted by molar-refractivity contribution is -0.123. The normalized spacial score (nSPS) is 11.9. The summed E-state index contributed by atoms with van der Waals surface area (Å²) in [7, 11) is 0. The molecule has 1 amide bonds.